The van der Waals surface area contributed by atoms with Gasteiger partial charge in [-0.1, -0.05) is 11.6 Å². The average molecular weight is 164 g/mol. The fraction of sp³-hybridized carbons (Fsp3) is 0. The van der Waals surface area contributed by atoms with Crippen molar-refractivity contribution in [1.29, 1.82) is 0 Å². The highest BCUT2D eigenvalue weighted by Crippen LogP contribution is 2.18. The van der Waals surface area contributed by atoms with Crippen molar-refractivity contribution in [3.05, 3.63) is 15.5 Å². The van der Waals surface area contributed by atoms with E-state index in [1.807, 2.05) is 0 Å². The van der Waals surface area contributed by atoms with Gasteiger partial charge >= 0.3 is 5.97 Å². The predicted octanol–water partition coefficient (Wildman–Crippen LogP) is 1.49. The van der Waals surface area contributed by atoms with Gasteiger partial charge in [-0.15, -0.1) is 11.3 Å². The second kappa shape index (κ2) is 2.33. The van der Waals surface area contributed by atoms with E-state index in [9.17, 15) is 4.79 Å². The molecule has 5 heteroatoms. The Balaban J connectivity index is 3.08. The first-order chi connectivity index (χ1) is 4.22. The summed E-state index contributed by atoms with van der Waals surface area (Å²) in [5.41, 5.74) is 1.33. The van der Waals surface area contributed by atoms with Crippen molar-refractivity contribution < 1.29 is 9.90 Å². The number of thiazole rings is 1. The van der Waals surface area contributed by atoms with Gasteiger partial charge in [-0.25, -0.2) is 9.78 Å². The van der Waals surface area contributed by atoms with Gasteiger partial charge in [0, 0.05) is 0 Å². The second-order valence-corrected chi connectivity index (χ2v) is 2.74. The lowest BCUT2D eigenvalue weighted by Gasteiger charge is -1.82. The SMILES string of the molecule is O=C(O)c1ncsc1Cl. The summed E-state index contributed by atoms with van der Waals surface area (Å²) >= 11 is 6.52. The Bertz CT molecular complexity index is 234. The van der Waals surface area contributed by atoms with Crippen LogP contribution in [0.5, 0.6) is 0 Å². The van der Waals surface area contributed by atoms with E-state index >= 15 is 0 Å². The number of halogens is 1. The van der Waals surface area contributed by atoms with Crippen LogP contribution in [0, 0.1) is 0 Å². The predicted molar refractivity (Wildman–Crippen MR) is 34.1 cm³/mol. The standard InChI is InChI=1S/C4H2ClNO2S/c5-3-2(4(7)8)6-1-9-3/h1H,(H,7,8). The lowest BCUT2D eigenvalue weighted by molar-refractivity contribution is 0.0691. The van der Waals surface area contributed by atoms with Gasteiger partial charge < -0.3 is 5.11 Å². The lowest BCUT2D eigenvalue weighted by Crippen LogP contribution is -1.95. The topological polar surface area (TPSA) is 50.2 Å². The van der Waals surface area contributed by atoms with Crippen LogP contribution in [0.25, 0.3) is 0 Å². The molecule has 0 spiro atoms. The average Bonchev–Trinajstić information content (AvgIpc) is 2.13. The normalized spacial score (nSPS) is 9.44. The van der Waals surface area contributed by atoms with Crippen LogP contribution < -0.4 is 0 Å². The largest absolute Gasteiger partial charge is 0.476 e. The fourth-order valence-corrected chi connectivity index (χ4v) is 1.12. The smallest absolute Gasteiger partial charge is 0.356 e. The van der Waals surface area contributed by atoms with Crippen molar-refractivity contribution in [2.45, 2.75) is 0 Å². The first-order valence-corrected chi connectivity index (χ1v) is 3.30. The number of rotatable bonds is 1. The number of carbonyl (C=O) groups is 1. The minimum absolute atomic E-state index is 0.0679. The summed E-state index contributed by atoms with van der Waals surface area (Å²) in [6.07, 6.45) is 0. The number of carboxylic acids is 1. The van der Waals surface area contributed by atoms with Gasteiger partial charge in [0.05, 0.1) is 5.51 Å². The summed E-state index contributed by atoms with van der Waals surface area (Å²) in [7, 11) is 0. The third-order valence-corrected chi connectivity index (χ3v) is 1.78. The summed E-state index contributed by atoms with van der Waals surface area (Å²) in [5, 5.41) is 8.31. The molecule has 1 aromatic heterocycles. The zero-order valence-electron chi connectivity index (χ0n) is 4.17. The molecular formula is C4H2ClNO2S. The van der Waals surface area contributed by atoms with Crippen molar-refractivity contribution in [3.8, 4) is 0 Å². The molecule has 0 unspecified atom stereocenters. The maximum absolute atomic E-state index is 10.1. The van der Waals surface area contributed by atoms with E-state index in [1.54, 1.807) is 0 Å². The van der Waals surface area contributed by atoms with Crippen molar-refractivity contribution in [1.82, 2.24) is 4.98 Å². The third kappa shape index (κ3) is 1.20. The van der Waals surface area contributed by atoms with E-state index in [0.29, 0.717) is 0 Å². The van der Waals surface area contributed by atoms with E-state index in [0.717, 1.165) is 11.3 Å². The molecule has 0 aliphatic rings. The summed E-state index contributed by atoms with van der Waals surface area (Å²) in [4.78, 5) is 13.6. The minimum atomic E-state index is -1.08. The molecule has 48 valence electrons. The van der Waals surface area contributed by atoms with Crippen LogP contribution in [0.15, 0.2) is 5.51 Å². The molecule has 0 aliphatic heterocycles. The Hall–Kier alpha value is -0.610. The lowest BCUT2D eigenvalue weighted by atomic mass is 10.5. The fourth-order valence-electron chi connectivity index (χ4n) is 0.371. The van der Waals surface area contributed by atoms with E-state index in [4.69, 9.17) is 16.7 Å². The van der Waals surface area contributed by atoms with Gasteiger partial charge in [-0.2, -0.15) is 0 Å². The van der Waals surface area contributed by atoms with Crippen LogP contribution in [0.4, 0.5) is 0 Å². The second-order valence-electron chi connectivity index (χ2n) is 1.28. The number of hydrogen-bond acceptors (Lipinski definition) is 3. The molecule has 0 radical (unpaired) electrons. The highest BCUT2D eigenvalue weighted by Gasteiger charge is 2.09. The maximum atomic E-state index is 10.1. The third-order valence-electron chi connectivity index (χ3n) is 0.727. The highest BCUT2D eigenvalue weighted by atomic mass is 35.5. The number of aromatic nitrogens is 1. The molecule has 1 heterocycles. The van der Waals surface area contributed by atoms with Gasteiger partial charge in [0.1, 0.15) is 4.34 Å². The van der Waals surface area contributed by atoms with Crippen LogP contribution in [0.1, 0.15) is 10.5 Å². The summed E-state index contributed by atoms with van der Waals surface area (Å²) < 4.78 is 0.225. The highest BCUT2D eigenvalue weighted by molar-refractivity contribution is 7.14. The molecule has 0 saturated heterocycles. The molecule has 0 aromatic carbocycles. The molecule has 3 nitrogen and oxygen atoms in total. The van der Waals surface area contributed by atoms with Crippen molar-refractivity contribution in [2.75, 3.05) is 0 Å². The molecule has 0 saturated carbocycles. The Labute approximate surface area is 59.9 Å². The van der Waals surface area contributed by atoms with E-state index in [1.165, 1.54) is 5.51 Å². The molecule has 1 N–H and O–H groups in total. The van der Waals surface area contributed by atoms with Crippen LogP contribution >= 0.6 is 22.9 Å². The van der Waals surface area contributed by atoms with Crippen molar-refractivity contribution >= 4 is 28.9 Å². The van der Waals surface area contributed by atoms with Gasteiger partial charge in [0.15, 0.2) is 5.69 Å². The van der Waals surface area contributed by atoms with Gasteiger partial charge in [0.2, 0.25) is 0 Å². The molecule has 0 aliphatic carbocycles. The molecule has 1 rings (SSSR count). The van der Waals surface area contributed by atoms with Crippen LogP contribution in [-0.4, -0.2) is 16.1 Å². The van der Waals surface area contributed by atoms with E-state index in [2.05, 4.69) is 4.98 Å². The molecule has 0 amide bonds. The van der Waals surface area contributed by atoms with Gasteiger partial charge in [-0.3, -0.25) is 0 Å². The van der Waals surface area contributed by atoms with Crippen molar-refractivity contribution in [2.24, 2.45) is 0 Å². The summed E-state index contributed by atoms with van der Waals surface area (Å²) in [5.74, 6) is -1.08. The van der Waals surface area contributed by atoms with E-state index < -0.39 is 5.97 Å². The molecule has 9 heavy (non-hydrogen) atoms. The van der Waals surface area contributed by atoms with Gasteiger partial charge in [-0.05, 0) is 0 Å². The Kier molecular flexibility index (Phi) is 1.68. The molecular weight excluding hydrogens is 162 g/mol. The number of carboxylic acid groups (broad SMARTS) is 1. The monoisotopic (exact) mass is 163 g/mol. The van der Waals surface area contributed by atoms with Crippen molar-refractivity contribution in [3.63, 3.8) is 0 Å². The molecule has 0 bridgehead atoms. The Morgan fingerprint density at radius 3 is 2.78 bits per heavy atom. The van der Waals surface area contributed by atoms with Crippen LogP contribution in [0.3, 0.4) is 0 Å². The zero-order chi connectivity index (χ0) is 6.85. The molecule has 0 atom stereocenters. The summed E-state index contributed by atoms with van der Waals surface area (Å²) in [6, 6.07) is 0. The minimum Gasteiger partial charge on any atom is -0.476 e. The number of hydrogen-bond donors (Lipinski definition) is 1. The van der Waals surface area contributed by atoms with Gasteiger partial charge in [0.25, 0.3) is 0 Å². The Morgan fingerprint density at radius 2 is 2.56 bits per heavy atom. The van der Waals surface area contributed by atoms with Crippen LogP contribution in [-0.2, 0) is 0 Å². The first-order valence-electron chi connectivity index (χ1n) is 2.04. The quantitative estimate of drug-likeness (QED) is 0.683. The first kappa shape index (κ1) is 6.51. The number of aromatic carboxylic acids is 1. The summed E-state index contributed by atoms with van der Waals surface area (Å²) in [6.45, 7) is 0. The molecule has 0 fully saturated rings. The molecule has 1 aromatic rings. The Morgan fingerprint density at radius 1 is 1.89 bits per heavy atom. The number of nitrogens with zero attached hydrogens (tertiary/aromatic N) is 1. The zero-order valence-corrected chi connectivity index (χ0v) is 5.74. The van der Waals surface area contributed by atoms with E-state index in [-0.39, 0.29) is 10.0 Å². The maximum Gasteiger partial charge on any atom is 0.356 e. The van der Waals surface area contributed by atoms with Crippen LogP contribution in [0.2, 0.25) is 4.34 Å².